The highest BCUT2D eigenvalue weighted by Crippen LogP contribution is 2.30. The summed E-state index contributed by atoms with van der Waals surface area (Å²) in [6, 6.07) is -0.225. The highest BCUT2D eigenvalue weighted by atomic mass is 32.2. The van der Waals surface area contributed by atoms with E-state index in [2.05, 4.69) is 13.8 Å². The van der Waals surface area contributed by atoms with Gasteiger partial charge >= 0.3 is 0 Å². The Morgan fingerprint density at radius 2 is 1.73 bits per heavy atom. The molecule has 1 saturated carbocycles. The molecule has 2 amide bonds. The van der Waals surface area contributed by atoms with Crippen molar-refractivity contribution in [3.05, 3.63) is 0 Å². The summed E-state index contributed by atoms with van der Waals surface area (Å²) >= 11 is 1.72. The van der Waals surface area contributed by atoms with E-state index in [1.807, 2.05) is 9.80 Å². The molecular formula is C17H30N2O2S. The fraction of sp³-hybridized carbons (Fsp3) is 0.882. The molecule has 0 aromatic rings. The molecule has 0 aromatic heterocycles. The fourth-order valence-electron chi connectivity index (χ4n) is 3.53. The Labute approximate surface area is 139 Å². The molecule has 1 atom stereocenters. The van der Waals surface area contributed by atoms with Crippen molar-refractivity contribution in [1.82, 2.24) is 9.80 Å². The van der Waals surface area contributed by atoms with E-state index in [0.29, 0.717) is 5.88 Å². The zero-order chi connectivity index (χ0) is 15.9. The van der Waals surface area contributed by atoms with Gasteiger partial charge in [-0.3, -0.25) is 9.59 Å². The molecule has 5 heteroatoms. The Bertz CT molecular complexity index is 377. The lowest BCUT2D eigenvalue weighted by Gasteiger charge is -2.32. The number of rotatable bonds is 6. The van der Waals surface area contributed by atoms with Crippen LogP contribution in [0.3, 0.4) is 0 Å². The first-order valence-electron chi connectivity index (χ1n) is 8.86. The maximum absolute atomic E-state index is 12.8. The second-order valence-corrected chi connectivity index (χ2v) is 7.48. The molecule has 126 valence electrons. The van der Waals surface area contributed by atoms with E-state index in [1.54, 1.807) is 11.8 Å². The van der Waals surface area contributed by atoms with Crippen molar-refractivity contribution < 1.29 is 9.59 Å². The first-order valence-corrected chi connectivity index (χ1v) is 10.0. The van der Waals surface area contributed by atoms with Crippen molar-refractivity contribution in [3.8, 4) is 0 Å². The van der Waals surface area contributed by atoms with Crippen molar-refractivity contribution in [3.63, 3.8) is 0 Å². The van der Waals surface area contributed by atoms with Gasteiger partial charge in [0.05, 0.1) is 5.88 Å². The Morgan fingerprint density at radius 1 is 1.09 bits per heavy atom. The Kier molecular flexibility index (Phi) is 7.06. The first kappa shape index (κ1) is 17.6. The van der Waals surface area contributed by atoms with Crippen LogP contribution in [0.25, 0.3) is 0 Å². The summed E-state index contributed by atoms with van der Waals surface area (Å²) < 4.78 is 0. The van der Waals surface area contributed by atoms with Crippen LogP contribution in [0.1, 0.15) is 58.8 Å². The van der Waals surface area contributed by atoms with Gasteiger partial charge < -0.3 is 9.80 Å². The van der Waals surface area contributed by atoms with Gasteiger partial charge in [0.25, 0.3) is 0 Å². The third-order valence-corrected chi connectivity index (χ3v) is 5.72. The minimum absolute atomic E-state index is 0.161. The van der Waals surface area contributed by atoms with Crippen LogP contribution in [0.15, 0.2) is 0 Å². The van der Waals surface area contributed by atoms with Gasteiger partial charge in [0.2, 0.25) is 11.8 Å². The van der Waals surface area contributed by atoms with E-state index in [1.165, 1.54) is 6.42 Å². The third-order valence-electron chi connectivity index (χ3n) is 4.70. The van der Waals surface area contributed by atoms with Gasteiger partial charge in [0, 0.05) is 24.8 Å². The summed E-state index contributed by atoms with van der Waals surface area (Å²) in [5.41, 5.74) is 0. The average Bonchev–Trinajstić information content (AvgIpc) is 3.03. The van der Waals surface area contributed by atoms with E-state index in [-0.39, 0.29) is 23.8 Å². The van der Waals surface area contributed by atoms with E-state index in [4.69, 9.17) is 0 Å². The summed E-state index contributed by atoms with van der Waals surface area (Å²) in [6.45, 7) is 5.81. The lowest BCUT2D eigenvalue weighted by molar-refractivity contribution is -0.146. The molecular weight excluding hydrogens is 296 g/mol. The first-order chi connectivity index (χ1) is 10.7. The highest BCUT2D eigenvalue weighted by molar-refractivity contribution is 7.99. The zero-order valence-electron chi connectivity index (χ0n) is 14.1. The van der Waals surface area contributed by atoms with Crippen LogP contribution < -0.4 is 0 Å². The highest BCUT2D eigenvalue weighted by Gasteiger charge is 2.39. The number of nitrogens with zero attached hydrogens (tertiary/aromatic N) is 2. The van der Waals surface area contributed by atoms with Crippen molar-refractivity contribution in [2.24, 2.45) is 5.92 Å². The van der Waals surface area contributed by atoms with E-state index in [9.17, 15) is 9.59 Å². The van der Waals surface area contributed by atoms with Gasteiger partial charge in [-0.2, -0.15) is 0 Å². The molecule has 2 rings (SSSR count). The summed E-state index contributed by atoms with van der Waals surface area (Å²) in [6.07, 6.45) is 7.54. The predicted octanol–water partition coefficient (Wildman–Crippen LogP) is 3.12. The summed E-state index contributed by atoms with van der Waals surface area (Å²) in [5.74, 6) is 2.02. The van der Waals surface area contributed by atoms with E-state index in [0.717, 1.165) is 57.4 Å². The maximum atomic E-state index is 12.8. The van der Waals surface area contributed by atoms with Crippen molar-refractivity contribution in [1.29, 1.82) is 0 Å². The lowest BCUT2D eigenvalue weighted by atomic mass is 9.88. The Balaban J connectivity index is 2.01. The lowest BCUT2D eigenvalue weighted by Crippen LogP contribution is -2.51. The van der Waals surface area contributed by atoms with Crippen molar-refractivity contribution in [2.75, 3.05) is 24.7 Å². The molecule has 0 N–H and O–H groups in total. The zero-order valence-corrected chi connectivity index (χ0v) is 14.9. The van der Waals surface area contributed by atoms with Gasteiger partial charge in [-0.25, -0.2) is 0 Å². The van der Waals surface area contributed by atoms with Crippen LogP contribution in [0.4, 0.5) is 0 Å². The SMILES string of the molecule is CCCN(CCC)C(=O)C1CSCN1C(=O)C1CCCCC1. The second-order valence-electron chi connectivity index (χ2n) is 6.48. The minimum Gasteiger partial charge on any atom is -0.341 e. The van der Waals surface area contributed by atoms with E-state index >= 15 is 0 Å². The second kappa shape index (κ2) is 8.80. The molecule has 1 unspecified atom stereocenters. The molecule has 1 aliphatic heterocycles. The van der Waals surface area contributed by atoms with Crippen molar-refractivity contribution >= 4 is 23.6 Å². The molecule has 0 radical (unpaired) electrons. The molecule has 0 bridgehead atoms. The molecule has 22 heavy (non-hydrogen) atoms. The van der Waals surface area contributed by atoms with Crippen LogP contribution in [0.5, 0.6) is 0 Å². The Morgan fingerprint density at radius 3 is 2.32 bits per heavy atom. The van der Waals surface area contributed by atoms with Gasteiger partial charge in [-0.1, -0.05) is 33.1 Å². The smallest absolute Gasteiger partial charge is 0.246 e. The van der Waals surface area contributed by atoms with Gasteiger partial charge in [0.1, 0.15) is 6.04 Å². The van der Waals surface area contributed by atoms with Crippen LogP contribution in [0.2, 0.25) is 0 Å². The molecule has 2 aliphatic rings. The molecule has 0 spiro atoms. The van der Waals surface area contributed by atoms with Crippen molar-refractivity contribution in [2.45, 2.75) is 64.8 Å². The topological polar surface area (TPSA) is 40.6 Å². The number of carbonyl (C=O) groups excluding carboxylic acids is 2. The molecule has 1 heterocycles. The van der Waals surface area contributed by atoms with Gasteiger partial charge in [-0.05, 0) is 25.7 Å². The maximum Gasteiger partial charge on any atom is 0.246 e. The number of amides is 2. The standard InChI is InChI=1S/C17H30N2O2S/c1-3-10-18(11-4-2)17(21)15-12-22-13-19(15)16(20)14-8-6-5-7-9-14/h14-15H,3-13H2,1-2H3. The van der Waals surface area contributed by atoms with Gasteiger partial charge in [0.15, 0.2) is 0 Å². The summed E-state index contributed by atoms with van der Waals surface area (Å²) in [4.78, 5) is 29.5. The average molecular weight is 327 g/mol. The molecule has 0 aromatic carbocycles. The van der Waals surface area contributed by atoms with Gasteiger partial charge in [-0.15, -0.1) is 11.8 Å². The van der Waals surface area contributed by atoms with Crippen LogP contribution >= 0.6 is 11.8 Å². The Hall–Kier alpha value is -0.710. The number of hydrogen-bond acceptors (Lipinski definition) is 3. The number of hydrogen-bond donors (Lipinski definition) is 0. The molecule has 4 nitrogen and oxygen atoms in total. The minimum atomic E-state index is -0.225. The third kappa shape index (κ3) is 4.18. The summed E-state index contributed by atoms with van der Waals surface area (Å²) in [5, 5.41) is 0. The van der Waals surface area contributed by atoms with E-state index < -0.39 is 0 Å². The van der Waals surface area contributed by atoms with Crippen LogP contribution in [0, 0.1) is 5.92 Å². The quantitative estimate of drug-likeness (QED) is 0.753. The summed E-state index contributed by atoms with van der Waals surface area (Å²) in [7, 11) is 0. The normalized spacial score (nSPS) is 22.8. The number of thioether (sulfide) groups is 1. The monoisotopic (exact) mass is 326 g/mol. The van der Waals surface area contributed by atoms with Crippen LogP contribution in [-0.2, 0) is 9.59 Å². The molecule has 2 fully saturated rings. The molecule has 1 aliphatic carbocycles. The number of carbonyl (C=O) groups is 2. The molecule has 1 saturated heterocycles. The predicted molar refractivity (Wildman–Crippen MR) is 91.7 cm³/mol. The largest absolute Gasteiger partial charge is 0.341 e. The fourth-order valence-corrected chi connectivity index (χ4v) is 4.69. The van der Waals surface area contributed by atoms with Crippen LogP contribution in [-0.4, -0.2) is 52.4 Å².